The Balaban J connectivity index is 1.18. The summed E-state index contributed by atoms with van der Waals surface area (Å²) in [6, 6.07) is 80.8. The van der Waals surface area contributed by atoms with Crippen LogP contribution < -0.4 is 9.80 Å². The molecule has 0 bridgehead atoms. The van der Waals surface area contributed by atoms with Crippen molar-refractivity contribution in [3.8, 4) is 0 Å². The zero-order valence-electron chi connectivity index (χ0n) is 49.1. The minimum absolute atomic E-state index is 0.0854. The highest BCUT2D eigenvalue weighted by atomic mass is 35.5. The van der Waals surface area contributed by atoms with E-state index in [1.807, 2.05) is 0 Å². The molecule has 398 valence electrons. The maximum absolute atomic E-state index is 8.11. The molecule has 0 aliphatic rings. The van der Waals surface area contributed by atoms with E-state index in [1.165, 1.54) is 55.6 Å². The highest BCUT2D eigenvalue weighted by Crippen LogP contribution is 2.49. The number of hydrogen-bond acceptors (Lipinski definition) is 2. The highest BCUT2D eigenvalue weighted by molar-refractivity contribution is 6.36. The fourth-order valence-electron chi connectivity index (χ4n) is 11.2. The lowest BCUT2D eigenvalue weighted by molar-refractivity contribution is 0.587. The number of aryl methyl sites for hydroxylation is 1. The third-order valence-corrected chi connectivity index (χ3v) is 17.4. The summed E-state index contributed by atoms with van der Waals surface area (Å²) >= 11 is 8.11. The van der Waals surface area contributed by atoms with Crippen molar-refractivity contribution in [3.63, 3.8) is 0 Å². The van der Waals surface area contributed by atoms with Crippen LogP contribution in [-0.4, -0.2) is 0 Å². The minimum Gasteiger partial charge on any atom is -0.309 e. The van der Waals surface area contributed by atoms with Gasteiger partial charge >= 0.3 is 0 Å². The van der Waals surface area contributed by atoms with Gasteiger partial charge in [-0.25, -0.2) is 0 Å². The molecule has 0 radical (unpaired) electrons. The van der Waals surface area contributed by atoms with E-state index in [1.54, 1.807) is 0 Å². The molecule has 0 unspecified atom stereocenters. The largest absolute Gasteiger partial charge is 0.309 e. The predicted octanol–water partition coefficient (Wildman–Crippen LogP) is 21.5. The summed E-state index contributed by atoms with van der Waals surface area (Å²) in [5.74, 6) is 0. The molecule has 9 aromatic rings. The molecule has 0 saturated heterocycles. The summed E-state index contributed by atoms with van der Waals surface area (Å²) in [5, 5.41) is 0.648. The summed E-state index contributed by atoms with van der Waals surface area (Å²) in [6.45, 7) is 34.3. The summed E-state index contributed by atoms with van der Waals surface area (Å²) in [5.41, 5.74) is 19.0. The molecule has 0 aromatic heterocycles. The van der Waals surface area contributed by atoms with Gasteiger partial charge in [0, 0.05) is 44.4 Å². The van der Waals surface area contributed by atoms with Crippen molar-refractivity contribution in [1.82, 2.24) is 0 Å². The van der Waals surface area contributed by atoms with Crippen LogP contribution in [0.3, 0.4) is 0 Å². The molecule has 2 nitrogen and oxygen atoms in total. The van der Waals surface area contributed by atoms with Crippen LogP contribution in [0.5, 0.6) is 0 Å². The van der Waals surface area contributed by atoms with Crippen molar-refractivity contribution in [2.45, 2.75) is 136 Å². The number of rotatable bonds is 14. The summed E-state index contributed by atoms with van der Waals surface area (Å²) in [4.78, 5) is 4.68. The van der Waals surface area contributed by atoms with Crippen molar-refractivity contribution in [2.24, 2.45) is 0 Å². The van der Waals surface area contributed by atoms with Crippen molar-refractivity contribution in [3.05, 3.63) is 285 Å². The molecule has 3 heteroatoms. The zero-order valence-corrected chi connectivity index (χ0v) is 49.8. The van der Waals surface area contributed by atoms with Gasteiger partial charge in [0.05, 0.1) is 16.4 Å². The maximum Gasteiger partial charge on any atom is 0.0887 e. The Hall–Kier alpha value is -7.13. The van der Waals surface area contributed by atoms with Gasteiger partial charge in [0.1, 0.15) is 0 Å². The molecule has 9 rings (SSSR count). The first-order chi connectivity index (χ1) is 36.8. The van der Waals surface area contributed by atoms with Gasteiger partial charge in [0.2, 0.25) is 0 Å². The molecular formula is C75H81ClN2. The fourth-order valence-corrected chi connectivity index (χ4v) is 11.4. The average Bonchev–Trinajstić information content (AvgIpc) is 3.46. The molecule has 0 N–H and O–H groups in total. The van der Waals surface area contributed by atoms with E-state index in [0.29, 0.717) is 5.02 Å². The first kappa shape index (κ1) is 55.6. The monoisotopic (exact) mass is 1040 g/mol. The number of halogens is 1. The first-order valence-electron chi connectivity index (χ1n) is 27.9. The molecule has 0 aliphatic heterocycles. The Morgan fingerprint density at radius 2 is 0.449 bits per heavy atom. The third kappa shape index (κ3) is 11.1. The minimum atomic E-state index is -0.232. The van der Waals surface area contributed by atoms with Gasteiger partial charge in [-0.05, 0) is 140 Å². The highest BCUT2D eigenvalue weighted by Gasteiger charge is 2.31. The first-order valence-corrected chi connectivity index (χ1v) is 28.3. The van der Waals surface area contributed by atoms with Crippen LogP contribution in [0.1, 0.15) is 158 Å². The lowest BCUT2D eigenvalue weighted by Gasteiger charge is -2.33. The normalized spacial score (nSPS) is 12.6. The van der Waals surface area contributed by atoms with Crippen LogP contribution in [0.25, 0.3) is 0 Å². The van der Waals surface area contributed by atoms with Gasteiger partial charge in [-0.2, -0.15) is 0 Å². The third-order valence-electron chi connectivity index (χ3n) is 17.0. The van der Waals surface area contributed by atoms with E-state index >= 15 is 0 Å². The van der Waals surface area contributed by atoms with Gasteiger partial charge in [0.25, 0.3) is 0 Å². The Morgan fingerprint density at radius 3 is 0.667 bits per heavy atom. The van der Waals surface area contributed by atoms with Crippen LogP contribution in [0.4, 0.5) is 34.1 Å². The maximum atomic E-state index is 8.11. The molecule has 0 heterocycles. The van der Waals surface area contributed by atoms with E-state index < -0.39 is 0 Å². The van der Waals surface area contributed by atoms with E-state index in [2.05, 4.69) is 332 Å². The van der Waals surface area contributed by atoms with Gasteiger partial charge in [-0.1, -0.05) is 266 Å². The second-order valence-electron chi connectivity index (χ2n) is 25.9. The lowest BCUT2D eigenvalue weighted by Crippen LogP contribution is -2.21. The fraction of sp³-hybridized carbons (Fsp3) is 0.280. The molecule has 9 aromatic carbocycles. The average molecular weight is 1050 g/mol. The lowest BCUT2D eigenvalue weighted by atomic mass is 9.76. The Kier molecular flexibility index (Phi) is 15.2. The summed E-state index contributed by atoms with van der Waals surface area (Å²) in [7, 11) is 0. The van der Waals surface area contributed by atoms with Crippen LogP contribution >= 0.6 is 11.6 Å². The SMILES string of the molecule is Cc1cc(N(c2ccc(C(C)(C)c3ccccc3)cc2)c2ccc(C(C)(C)c3ccccc3)cc2)c(Cl)c(N(c2ccc(C(C)(C)c3ccc(C(C)(C)C)cc3)cc2)c2ccc(C(C)(C)c3ccc(C(C)(C)C)cc3)cc2)c1. The quantitative estimate of drug-likeness (QED) is 0.107. The Labute approximate surface area is 473 Å². The van der Waals surface area contributed by atoms with Crippen LogP contribution in [0, 0.1) is 6.92 Å². The zero-order chi connectivity index (χ0) is 56.0. The van der Waals surface area contributed by atoms with Crippen molar-refractivity contribution >= 4 is 45.7 Å². The van der Waals surface area contributed by atoms with Crippen molar-refractivity contribution < 1.29 is 0 Å². The number of hydrogen-bond donors (Lipinski definition) is 0. The van der Waals surface area contributed by atoms with Crippen molar-refractivity contribution in [1.29, 1.82) is 0 Å². The van der Waals surface area contributed by atoms with E-state index in [9.17, 15) is 0 Å². The van der Waals surface area contributed by atoms with E-state index in [4.69, 9.17) is 11.6 Å². The van der Waals surface area contributed by atoms with Gasteiger partial charge in [-0.3, -0.25) is 0 Å². The molecule has 0 atom stereocenters. The second kappa shape index (κ2) is 21.3. The molecule has 0 fully saturated rings. The predicted molar refractivity (Wildman–Crippen MR) is 337 cm³/mol. The standard InChI is InChI=1S/C75H81ClN2/c1-52-50-67(77(63-42-34-59(35-43-63)72(8,9)55-22-18-16-19-23-55)64-44-36-60(37-45-64)73(10,11)56-24-20-17-21-25-56)69(76)68(51-52)78(65-46-38-61(39-47-65)74(12,13)57-30-26-53(27-31-57)70(2,3)4)66-48-40-62(41-49-66)75(14,15)58-32-28-54(29-33-58)71(5,6)7/h16-51H,1-15H3. The molecular weight excluding hydrogens is 964 g/mol. The molecule has 0 aliphatic carbocycles. The molecule has 78 heavy (non-hydrogen) atoms. The second-order valence-corrected chi connectivity index (χ2v) is 26.2. The number of anilines is 6. The van der Waals surface area contributed by atoms with Gasteiger partial charge in [-0.15, -0.1) is 0 Å². The van der Waals surface area contributed by atoms with E-state index in [0.717, 1.165) is 39.7 Å². The van der Waals surface area contributed by atoms with Crippen LogP contribution in [0.15, 0.2) is 218 Å². The number of nitrogens with zero attached hydrogens (tertiary/aromatic N) is 2. The van der Waals surface area contributed by atoms with Gasteiger partial charge in [0.15, 0.2) is 0 Å². The topological polar surface area (TPSA) is 6.48 Å². The van der Waals surface area contributed by atoms with Gasteiger partial charge < -0.3 is 9.80 Å². The van der Waals surface area contributed by atoms with Crippen LogP contribution in [0.2, 0.25) is 5.02 Å². The Morgan fingerprint density at radius 1 is 0.256 bits per heavy atom. The van der Waals surface area contributed by atoms with E-state index in [-0.39, 0.29) is 32.5 Å². The molecule has 0 saturated carbocycles. The molecule has 0 spiro atoms. The van der Waals surface area contributed by atoms with Crippen LogP contribution in [-0.2, 0) is 32.5 Å². The number of benzene rings is 9. The van der Waals surface area contributed by atoms with Crippen molar-refractivity contribution in [2.75, 3.05) is 9.80 Å². The molecule has 0 amide bonds. The summed E-state index contributed by atoms with van der Waals surface area (Å²) in [6.07, 6.45) is 0. The smallest absolute Gasteiger partial charge is 0.0887 e. The summed E-state index contributed by atoms with van der Waals surface area (Å²) < 4.78 is 0. The Bertz CT molecular complexity index is 3250.